The number of benzene rings is 1. The molecule has 1 aromatic heterocycles. The second kappa shape index (κ2) is 7.78. The number of aromatic nitrogens is 2. The maximum atomic E-state index is 12.5. The average Bonchev–Trinajstić information content (AvgIpc) is 2.93. The molecule has 6 heteroatoms. The van der Waals surface area contributed by atoms with Crippen LogP contribution in [0.3, 0.4) is 0 Å². The van der Waals surface area contributed by atoms with E-state index in [2.05, 4.69) is 9.55 Å². The third kappa shape index (κ3) is 3.94. The van der Waals surface area contributed by atoms with E-state index in [1.807, 2.05) is 51.2 Å². The van der Waals surface area contributed by atoms with Gasteiger partial charge in [-0.1, -0.05) is 30.3 Å². The molecule has 1 aliphatic heterocycles. The lowest BCUT2D eigenvalue weighted by molar-refractivity contribution is -0.119. The molecule has 0 spiro atoms. The van der Waals surface area contributed by atoms with Crippen LogP contribution in [-0.4, -0.2) is 44.5 Å². The number of rotatable bonds is 4. The summed E-state index contributed by atoms with van der Waals surface area (Å²) < 4.78 is 2.05. The van der Waals surface area contributed by atoms with Crippen LogP contribution in [0.5, 0.6) is 0 Å². The van der Waals surface area contributed by atoms with Gasteiger partial charge in [-0.15, -0.1) is 0 Å². The van der Waals surface area contributed by atoms with Gasteiger partial charge in [0.05, 0.1) is 5.69 Å². The monoisotopic (exact) mass is 367 g/mol. The fourth-order valence-corrected chi connectivity index (χ4v) is 3.50. The minimum Gasteiger partial charge on any atom is -0.465 e. The molecule has 1 aliphatic rings. The number of allylic oxidation sites excluding steroid dienone is 1. The highest BCUT2D eigenvalue weighted by molar-refractivity contribution is 5.96. The topological polar surface area (TPSA) is 75.4 Å². The fraction of sp³-hybridized carbons (Fsp3) is 0.381. The van der Waals surface area contributed by atoms with Gasteiger partial charge in [0.2, 0.25) is 0 Å². The first-order valence-corrected chi connectivity index (χ1v) is 9.17. The average molecular weight is 367 g/mol. The summed E-state index contributed by atoms with van der Waals surface area (Å²) in [5, 5.41) is 9.02. The Kier molecular flexibility index (Phi) is 5.44. The minimum absolute atomic E-state index is 0.0590. The van der Waals surface area contributed by atoms with Crippen LogP contribution in [0.1, 0.15) is 29.9 Å². The molecule has 0 radical (unpaired) electrons. The quantitative estimate of drug-likeness (QED) is 0.837. The van der Waals surface area contributed by atoms with E-state index in [1.165, 1.54) is 4.90 Å². The zero-order chi connectivity index (χ0) is 19.6. The first kappa shape index (κ1) is 18.9. The second-order valence-corrected chi connectivity index (χ2v) is 7.02. The van der Waals surface area contributed by atoms with Crippen molar-refractivity contribution in [3.05, 3.63) is 47.4 Å². The first-order valence-electron chi connectivity index (χ1n) is 9.17. The molecule has 27 heavy (non-hydrogen) atoms. The van der Waals surface area contributed by atoms with E-state index in [0.717, 1.165) is 28.3 Å². The Labute approximate surface area is 159 Å². The lowest BCUT2D eigenvalue weighted by atomic mass is 9.92. The number of nitrogens with zero attached hydrogens (tertiary/aromatic N) is 3. The van der Waals surface area contributed by atoms with Crippen LogP contribution < -0.4 is 0 Å². The van der Waals surface area contributed by atoms with Gasteiger partial charge in [-0.25, -0.2) is 9.78 Å². The molecule has 3 rings (SSSR count). The molecule has 0 atom stereocenters. The Morgan fingerprint density at radius 2 is 1.85 bits per heavy atom. The SMILES string of the molecule is Cc1nc(-c2ccccc2C=CC(=O)C2CCN(C(=O)O)CC2)c(C)n1C. The van der Waals surface area contributed by atoms with Gasteiger partial charge in [0, 0.05) is 37.3 Å². The van der Waals surface area contributed by atoms with Crippen molar-refractivity contribution in [1.29, 1.82) is 0 Å². The van der Waals surface area contributed by atoms with Gasteiger partial charge >= 0.3 is 6.09 Å². The molecule has 1 saturated heterocycles. The van der Waals surface area contributed by atoms with Crippen molar-refractivity contribution in [1.82, 2.24) is 14.5 Å². The fourth-order valence-electron chi connectivity index (χ4n) is 3.50. The van der Waals surface area contributed by atoms with Crippen molar-refractivity contribution in [2.45, 2.75) is 26.7 Å². The van der Waals surface area contributed by atoms with E-state index >= 15 is 0 Å². The predicted octanol–water partition coefficient (Wildman–Crippen LogP) is 3.68. The van der Waals surface area contributed by atoms with Crippen LogP contribution in [0.15, 0.2) is 30.3 Å². The Morgan fingerprint density at radius 1 is 1.19 bits per heavy atom. The Bertz CT molecular complexity index is 890. The van der Waals surface area contributed by atoms with Crippen molar-refractivity contribution in [3.8, 4) is 11.3 Å². The van der Waals surface area contributed by atoms with Crippen molar-refractivity contribution >= 4 is 18.0 Å². The van der Waals surface area contributed by atoms with Gasteiger partial charge in [-0.3, -0.25) is 4.79 Å². The largest absolute Gasteiger partial charge is 0.465 e. The van der Waals surface area contributed by atoms with Gasteiger partial charge < -0.3 is 14.6 Å². The number of hydrogen-bond donors (Lipinski definition) is 1. The normalized spacial score (nSPS) is 15.4. The standard InChI is InChI=1S/C21H25N3O3/c1-14-20(22-15(2)23(14)3)18-7-5-4-6-16(18)8-9-19(25)17-10-12-24(13-11-17)21(26)27/h4-9,17H,10-13H2,1-3H3,(H,26,27). The summed E-state index contributed by atoms with van der Waals surface area (Å²) in [6, 6.07) is 7.92. The summed E-state index contributed by atoms with van der Waals surface area (Å²) in [6.45, 7) is 4.85. The summed E-state index contributed by atoms with van der Waals surface area (Å²) in [7, 11) is 1.99. The summed E-state index contributed by atoms with van der Waals surface area (Å²) >= 11 is 0. The highest BCUT2D eigenvalue weighted by Gasteiger charge is 2.25. The number of imidazole rings is 1. The third-order valence-corrected chi connectivity index (χ3v) is 5.42. The summed E-state index contributed by atoms with van der Waals surface area (Å²) in [5.41, 5.74) is 3.97. The van der Waals surface area contributed by atoms with E-state index in [4.69, 9.17) is 5.11 Å². The van der Waals surface area contributed by atoms with E-state index in [-0.39, 0.29) is 11.7 Å². The molecule has 1 N–H and O–H groups in total. The summed E-state index contributed by atoms with van der Waals surface area (Å²) in [6.07, 6.45) is 3.73. The minimum atomic E-state index is -0.911. The lowest BCUT2D eigenvalue weighted by Gasteiger charge is -2.28. The van der Waals surface area contributed by atoms with Crippen molar-refractivity contribution in [3.63, 3.8) is 0 Å². The number of likely N-dealkylation sites (tertiary alicyclic amines) is 1. The van der Waals surface area contributed by atoms with E-state index < -0.39 is 6.09 Å². The Morgan fingerprint density at radius 3 is 2.44 bits per heavy atom. The molecule has 1 amide bonds. The molecule has 6 nitrogen and oxygen atoms in total. The number of carbonyl (C=O) groups is 2. The molecule has 142 valence electrons. The Hall–Kier alpha value is -2.89. The van der Waals surface area contributed by atoms with Crippen LogP contribution in [0.25, 0.3) is 17.3 Å². The van der Waals surface area contributed by atoms with Crippen molar-refractivity contribution in [2.75, 3.05) is 13.1 Å². The maximum absolute atomic E-state index is 12.5. The van der Waals surface area contributed by atoms with E-state index in [1.54, 1.807) is 6.08 Å². The number of ketones is 1. The highest BCUT2D eigenvalue weighted by Crippen LogP contribution is 2.27. The lowest BCUT2D eigenvalue weighted by Crippen LogP contribution is -2.39. The van der Waals surface area contributed by atoms with Gasteiger partial charge in [0.15, 0.2) is 5.78 Å². The molecule has 0 bridgehead atoms. The number of carboxylic acid groups (broad SMARTS) is 1. The molecule has 1 aromatic carbocycles. The molecule has 2 aromatic rings. The maximum Gasteiger partial charge on any atom is 0.407 e. The smallest absolute Gasteiger partial charge is 0.407 e. The zero-order valence-electron chi connectivity index (χ0n) is 16.0. The zero-order valence-corrected chi connectivity index (χ0v) is 16.0. The summed E-state index contributed by atoms with van der Waals surface area (Å²) in [4.78, 5) is 29.6. The number of carbonyl (C=O) groups excluding carboxylic acids is 1. The third-order valence-electron chi connectivity index (χ3n) is 5.42. The van der Waals surface area contributed by atoms with Crippen molar-refractivity contribution in [2.24, 2.45) is 13.0 Å². The van der Waals surface area contributed by atoms with Gasteiger partial charge in [-0.05, 0) is 38.3 Å². The van der Waals surface area contributed by atoms with Crippen LogP contribution in [-0.2, 0) is 11.8 Å². The highest BCUT2D eigenvalue weighted by atomic mass is 16.4. The molecule has 2 heterocycles. The molecule has 0 unspecified atom stereocenters. The number of amides is 1. The van der Waals surface area contributed by atoms with Crippen LogP contribution in [0.4, 0.5) is 4.79 Å². The van der Waals surface area contributed by atoms with Crippen LogP contribution in [0.2, 0.25) is 0 Å². The molecule has 0 saturated carbocycles. The molecule has 0 aliphatic carbocycles. The number of piperidine rings is 1. The molecule has 1 fully saturated rings. The van der Waals surface area contributed by atoms with Crippen LogP contribution in [0, 0.1) is 19.8 Å². The first-order chi connectivity index (χ1) is 12.9. The van der Waals surface area contributed by atoms with Gasteiger partial charge in [-0.2, -0.15) is 0 Å². The molecular formula is C21H25N3O3. The van der Waals surface area contributed by atoms with Crippen LogP contribution >= 0.6 is 0 Å². The van der Waals surface area contributed by atoms with Gasteiger partial charge in [0.25, 0.3) is 0 Å². The van der Waals surface area contributed by atoms with E-state index in [9.17, 15) is 9.59 Å². The van der Waals surface area contributed by atoms with E-state index in [0.29, 0.717) is 25.9 Å². The second-order valence-electron chi connectivity index (χ2n) is 7.02. The van der Waals surface area contributed by atoms with Crippen molar-refractivity contribution < 1.29 is 14.7 Å². The molecular weight excluding hydrogens is 342 g/mol. The number of aryl methyl sites for hydroxylation is 1. The number of hydrogen-bond acceptors (Lipinski definition) is 3. The Balaban J connectivity index is 1.77. The predicted molar refractivity (Wildman–Crippen MR) is 104 cm³/mol. The summed E-state index contributed by atoms with van der Waals surface area (Å²) in [5.74, 6) is 0.897. The van der Waals surface area contributed by atoms with Gasteiger partial charge in [0.1, 0.15) is 5.82 Å².